The molecule has 3 aromatic rings. The van der Waals surface area contributed by atoms with Crippen LogP contribution in [0, 0.1) is 17.5 Å². The molecule has 9 heteroatoms. The average Bonchev–Trinajstić information content (AvgIpc) is 2.99. The Kier molecular flexibility index (Phi) is 5.50. The third-order valence-electron chi connectivity index (χ3n) is 3.79. The van der Waals surface area contributed by atoms with Gasteiger partial charge in [0.1, 0.15) is 17.5 Å². The van der Waals surface area contributed by atoms with E-state index in [9.17, 15) is 18.0 Å². The van der Waals surface area contributed by atoms with Crippen LogP contribution in [0.15, 0.2) is 47.6 Å². The molecule has 1 amide bonds. The van der Waals surface area contributed by atoms with Gasteiger partial charge in [-0.2, -0.15) is 0 Å². The quantitative estimate of drug-likeness (QED) is 0.667. The molecule has 1 aromatic heterocycles. The normalized spacial score (nSPS) is 12.0. The molecular weight excluding hydrogens is 377 g/mol. The Bertz CT molecular complexity index is 992. The molecule has 3 rings (SSSR count). The van der Waals surface area contributed by atoms with Crippen LogP contribution in [-0.4, -0.2) is 25.9 Å². The Morgan fingerprint density at radius 3 is 2.59 bits per heavy atom. The number of nitrogens with one attached hydrogen (secondary N) is 1. The molecule has 0 bridgehead atoms. The van der Waals surface area contributed by atoms with E-state index in [1.807, 2.05) is 0 Å². The van der Waals surface area contributed by atoms with Gasteiger partial charge in [-0.15, -0.1) is 10.2 Å². The molecule has 0 aliphatic carbocycles. The van der Waals surface area contributed by atoms with Crippen molar-refractivity contribution in [3.05, 3.63) is 59.9 Å². The predicted molar refractivity (Wildman–Crippen MR) is 96.7 cm³/mol. The van der Waals surface area contributed by atoms with Gasteiger partial charge in [-0.25, -0.2) is 13.2 Å². The number of nitrogens with zero attached hydrogens (tertiary/aromatic N) is 3. The van der Waals surface area contributed by atoms with Gasteiger partial charge in [0.15, 0.2) is 11.0 Å². The van der Waals surface area contributed by atoms with Gasteiger partial charge in [-0.3, -0.25) is 4.79 Å². The molecule has 1 atom stereocenters. The van der Waals surface area contributed by atoms with Gasteiger partial charge < -0.3 is 9.88 Å². The van der Waals surface area contributed by atoms with E-state index in [4.69, 9.17) is 0 Å². The van der Waals surface area contributed by atoms with E-state index in [1.165, 1.54) is 6.07 Å². The number of rotatable bonds is 5. The first-order valence-corrected chi connectivity index (χ1v) is 8.81. The summed E-state index contributed by atoms with van der Waals surface area (Å²) >= 11 is 1.07. The SMILES string of the molecule is C[C@@H](Sc1nnc(-c2ccccc2F)n1C)C(=O)Nc1cc(F)ccc1F. The number of benzene rings is 2. The van der Waals surface area contributed by atoms with E-state index in [-0.39, 0.29) is 5.69 Å². The number of carbonyl (C=O) groups is 1. The largest absolute Gasteiger partial charge is 0.323 e. The van der Waals surface area contributed by atoms with Gasteiger partial charge >= 0.3 is 0 Å². The maximum atomic E-state index is 13.9. The number of anilines is 1. The molecule has 0 unspecified atom stereocenters. The van der Waals surface area contributed by atoms with E-state index in [0.717, 1.165) is 30.0 Å². The van der Waals surface area contributed by atoms with Gasteiger partial charge in [0, 0.05) is 13.1 Å². The van der Waals surface area contributed by atoms with Crippen molar-refractivity contribution in [2.24, 2.45) is 7.05 Å². The molecule has 0 radical (unpaired) electrons. The Morgan fingerprint density at radius 1 is 1.11 bits per heavy atom. The van der Waals surface area contributed by atoms with E-state index in [0.29, 0.717) is 16.5 Å². The smallest absolute Gasteiger partial charge is 0.237 e. The van der Waals surface area contributed by atoms with E-state index in [1.54, 1.807) is 36.7 Å². The molecule has 27 heavy (non-hydrogen) atoms. The number of hydrogen-bond acceptors (Lipinski definition) is 4. The number of amides is 1. The molecule has 0 spiro atoms. The summed E-state index contributed by atoms with van der Waals surface area (Å²) in [4.78, 5) is 12.3. The molecule has 0 saturated heterocycles. The van der Waals surface area contributed by atoms with Crippen molar-refractivity contribution < 1.29 is 18.0 Å². The van der Waals surface area contributed by atoms with E-state index in [2.05, 4.69) is 15.5 Å². The molecule has 0 saturated carbocycles. The number of halogens is 3. The van der Waals surface area contributed by atoms with Crippen molar-refractivity contribution in [3.8, 4) is 11.4 Å². The van der Waals surface area contributed by atoms with Crippen molar-refractivity contribution in [1.82, 2.24) is 14.8 Å². The maximum Gasteiger partial charge on any atom is 0.237 e. The van der Waals surface area contributed by atoms with Gasteiger partial charge in [-0.05, 0) is 31.2 Å². The van der Waals surface area contributed by atoms with Gasteiger partial charge in [0.2, 0.25) is 5.91 Å². The molecule has 1 N–H and O–H groups in total. The fraction of sp³-hybridized carbons (Fsp3) is 0.167. The fourth-order valence-electron chi connectivity index (χ4n) is 2.33. The van der Waals surface area contributed by atoms with Crippen molar-refractivity contribution in [1.29, 1.82) is 0 Å². The molecule has 1 heterocycles. The first-order valence-electron chi connectivity index (χ1n) is 7.93. The number of thioether (sulfide) groups is 1. The van der Waals surface area contributed by atoms with Crippen LogP contribution in [0.5, 0.6) is 0 Å². The van der Waals surface area contributed by atoms with Crippen molar-refractivity contribution in [3.63, 3.8) is 0 Å². The fourth-order valence-corrected chi connectivity index (χ4v) is 3.15. The minimum absolute atomic E-state index is 0.238. The minimum Gasteiger partial charge on any atom is -0.323 e. The summed E-state index contributed by atoms with van der Waals surface area (Å²) in [5.41, 5.74) is 0.0516. The summed E-state index contributed by atoms with van der Waals surface area (Å²) in [6.07, 6.45) is 0. The minimum atomic E-state index is -0.734. The van der Waals surface area contributed by atoms with Gasteiger partial charge in [-0.1, -0.05) is 23.9 Å². The highest BCUT2D eigenvalue weighted by Crippen LogP contribution is 2.27. The summed E-state index contributed by atoms with van der Waals surface area (Å²) in [7, 11) is 1.65. The number of carbonyl (C=O) groups excluding carboxylic acids is 1. The molecule has 140 valence electrons. The zero-order chi connectivity index (χ0) is 19.6. The van der Waals surface area contributed by atoms with Crippen LogP contribution in [0.4, 0.5) is 18.9 Å². The van der Waals surface area contributed by atoms with E-state index >= 15 is 0 Å². The third kappa shape index (κ3) is 4.13. The molecule has 5 nitrogen and oxygen atoms in total. The highest BCUT2D eigenvalue weighted by atomic mass is 32.2. The van der Waals surface area contributed by atoms with Crippen LogP contribution in [0.25, 0.3) is 11.4 Å². The Hall–Kier alpha value is -2.81. The Labute approximate surface area is 157 Å². The Balaban J connectivity index is 1.75. The first-order chi connectivity index (χ1) is 12.9. The highest BCUT2D eigenvalue weighted by molar-refractivity contribution is 8.00. The summed E-state index contributed by atoms with van der Waals surface area (Å²) in [6.45, 7) is 1.59. The lowest BCUT2D eigenvalue weighted by Gasteiger charge is -2.12. The zero-order valence-electron chi connectivity index (χ0n) is 14.4. The third-order valence-corrected chi connectivity index (χ3v) is 4.92. The lowest BCUT2D eigenvalue weighted by atomic mass is 10.2. The van der Waals surface area contributed by atoms with Gasteiger partial charge in [0.05, 0.1) is 16.5 Å². The average molecular weight is 392 g/mol. The maximum absolute atomic E-state index is 13.9. The van der Waals surface area contributed by atoms with Crippen LogP contribution in [0.3, 0.4) is 0 Å². The first kappa shape index (κ1) is 19.0. The highest BCUT2D eigenvalue weighted by Gasteiger charge is 2.21. The second kappa shape index (κ2) is 7.83. The van der Waals surface area contributed by atoms with Gasteiger partial charge in [0.25, 0.3) is 0 Å². The summed E-state index contributed by atoms with van der Waals surface area (Å²) < 4.78 is 42.4. The van der Waals surface area contributed by atoms with Crippen LogP contribution >= 0.6 is 11.8 Å². The lowest BCUT2D eigenvalue weighted by Crippen LogP contribution is -2.23. The molecule has 0 fully saturated rings. The summed E-state index contributed by atoms with van der Waals surface area (Å²) in [5.74, 6) is -2.03. The monoisotopic (exact) mass is 392 g/mol. The molecule has 0 aliphatic rings. The van der Waals surface area contributed by atoms with E-state index < -0.39 is 28.6 Å². The summed E-state index contributed by atoms with van der Waals surface area (Å²) in [5, 5.41) is 10.0. The van der Waals surface area contributed by atoms with Crippen molar-refractivity contribution in [2.75, 3.05) is 5.32 Å². The molecule has 2 aromatic carbocycles. The lowest BCUT2D eigenvalue weighted by molar-refractivity contribution is -0.115. The Morgan fingerprint density at radius 2 is 1.85 bits per heavy atom. The van der Waals surface area contributed by atoms with Crippen LogP contribution in [0.2, 0.25) is 0 Å². The predicted octanol–water partition coefficient (Wildman–Crippen LogP) is 4.02. The molecule has 0 aliphatic heterocycles. The van der Waals surface area contributed by atoms with Crippen LogP contribution in [0.1, 0.15) is 6.92 Å². The van der Waals surface area contributed by atoms with Crippen molar-refractivity contribution >= 4 is 23.4 Å². The number of hydrogen-bond donors (Lipinski definition) is 1. The van der Waals surface area contributed by atoms with Crippen LogP contribution in [-0.2, 0) is 11.8 Å². The van der Waals surface area contributed by atoms with Crippen molar-refractivity contribution in [2.45, 2.75) is 17.3 Å². The second-order valence-electron chi connectivity index (χ2n) is 5.72. The van der Waals surface area contributed by atoms with Crippen LogP contribution < -0.4 is 5.32 Å². The summed E-state index contributed by atoms with van der Waals surface area (Å²) in [6, 6.07) is 8.96. The second-order valence-corrected chi connectivity index (χ2v) is 7.03. The standard InChI is InChI=1S/C18H15F3N4OS/c1-10(17(26)22-15-9-11(19)7-8-14(15)21)27-18-24-23-16(25(18)2)12-5-3-4-6-13(12)20/h3-10H,1-2H3,(H,22,26)/t10-/m1/s1. The zero-order valence-corrected chi connectivity index (χ0v) is 15.2. The number of aromatic nitrogens is 3. The molecular formula is C18H15F3N4OS. The topological polar surface area (TPSA) is 59.8 Å².